The van der Waals surface area contributed by atoms with E-state index in [1.54, 1.807) is 11.8 Å². The SMILES string of the molecule is CCNC(=NCC1(O)CCSC1)NCCCOc1ccccc1. The molecule has 1 atom stereocenters. The topological polar surface area (TPSA) is 65.9 Å². The molecule has 1 fully saturated rings. The van der Waals surface area contributed by atoms with Crippen LogP contribution < -0.4 is 15.4 Å². The lowest BCUT2D eigenvalue weighted by molar-refractivity contribution is 0.0778. The Morgan fingerprint density at radius 3 is 2.87 bits per heavy atom. The summed E-state index contributed by atoms with van der Waals surface area (Å²) < 4.78 is 5.66. The molecule has 23 heavy (non-hydrogen) atoms. The molecule has 0 radical (unpaired) electrons. The lowest BCUT2D eigenvalue weighted by atomic mass is 10.1. The minimum absolute atomic E-state index is 0.454. The molecule has 0 aliphatic carbocycles. The van der Waals surface area contributed by atoms with Gasteiger partial charge < -0.3 is 20.5 Å². The van der Waals surface area contributed by atoms with E-state index >= 15 is 0 Å². The van der Waals surface area contributed by atoms with E-state index in [2.05, 4.69) is 15.6 Å². The summed E-state index contributed by atoms with van der Waals surface area (Å²) in [4.78, 5) is 4.51. The summed E-state index contributed by atoms with van der Waals surface area (Å²) in [5.74, 6) is 3.46. The molecule has 1 saturated heterocycles. The van der Waals surface area contributed by atoms with E-state index in [-0.39, 0.29) is 0 Å². The Labute approximate surface area is 142 Å². The largest absolute Gasteiger partial charge is 0.494 e. The first kappa shape index (κ1) is 17.9. The smallest absolute Gasteiger partial charge is 0.191 e. The van der Waals surface area contributed by atoms with Crippen molar-refractivity contribution in [3.63, 3.8) is 0 Å². The molecule has 1 aliphatic rings. The number of benzene rings is 1. The second kappa shape index (κ2) is 9.67. The third kappa shape index (κ3) is 6.71. The Kier molecular flexibility index (Phi) is 7.55. The molecule has 128 valence electrons. The molecule has 6 heteroatoms. The molecule has 2 rings (SSSR count). The fourth-order valence-corrected chi connectivity index (χ4v) is 3.56. The third-order valence-corrected chi connectivity index (χ3v) is 4.82. The number of para-hydroxylation sites is 1. The molecule has 0 saturated carbocycles. The Bertz CT molecular complexity index is 476. The third-order valence-electron chi connectivity index (χ3n) is 3.58. The van der Waals surface area contributed by atoms with Gasteiger partial charge in [-0.25, -0.2) is 0 Å². The Hall–Kier alpha value is -1.40. The molecular formula is C17H27N3O2S. The van der Waals surface area contributed by atoms with Crippen LogP contribution in [0.4, 0.5) is 0 Å². The van der Waals surface area contributed by atoms with Crippen LogP contribution in [0.25, 0.3) is 0 Å². The number of thioether (sulfide) groups is 1. The molecule has 0 bridgehead atoms. The van der Waals surface area contributed by atoms with Gasteiger partial charge >= 0.3 is 0 Å². The van der Waals surface area contributed by atoms with Crippen molar-refractivity contribution in [1.82, 2.24) is 10.6 Å². The predicted molar refractivity (Wildman–Crippen MR) is 97.4 cm³/mol. The number of aliphatic hydroxyl groups is 1. The fourth-order valence-electron chi connectivity index (χ4n) is 2.27. The lowest BCUT2D eigenvalue weighted by Crippen LogP contribution is -2.40. The first-order chi connectivity index (χ1) is 11.2. The highest BCUT2D eigenvalue weighted by atomic mass is 32.2. The number of guanidine groups is 1. The highest BCUT2D eigenvalue weighted by Gasteiger charge is 2.31. The van der Waals surface area contributed by atoms with Crippen LogP contribution in [0, 0.1) is 0 Å². The molecule has 1 aromatic rings. The van der Waals surface area contributed by atoms with Gasteiger partial charge in [0, 0.05) is 18.8 Å². The maximum atomic E-state index is 10.3. The summed E-state index contributed by atoms with van der Waals surface area (Å²) >= 11 is 1.79. The first-order valence-corrected chi connectivity index (χ1v) is 9.37. The predicted octanol–water partition coefficient (Wildman–Crippen LogP) is 1.88. The van der Waals surface area contributed by atoms with E-state index in [9.17, 15) is 5.11 Å². The molecule has 0 amide bonds. The van der Waals surface area contributed by atoms with E-state index < -0.39 is 5.60 Å². The van der Waals surface area contributed by atoms with Gasteiger partial charge in [-0.15, -0.1) is 0 Å². The van der Waals surface area contributed by atoms with Crippen molar-refractivity contribution in [1.29, 1.82) is 0 Å². The highest BCUT2D eigenvalue weighted by molar-refractivity contribution is 7.99. The standard InChI is InChI=1S/C17H27N3O2S/c1-2-18-16(20-13-17(21)9-12-23-14-17)19-10-6-11-22-15-7-4-3-5-8-15/h3-5,7-8,21H,2,6,9-14H2,1H3,(H2,18,19,20). The number of aliphatic imine (C=N–C) groups is 1. The zero-order chi connectivity index (χ0) is 16.4. The summed E-state index contributed by atoms with van der Waals surface area (Å²) in [6.07, 6.45) is 1.71. The minimum Gasteiger partial charge on any atom is -0.494 e. The van der Waals surface area contributed by atoms with Gasteiger partial charge in [-0.05, 0) is 37.7 Å². The maximum Gasteiger partial charge on any atom is 0.191 e. The van der Waals surface area contributed by atoms with Gasteiger partial charge in [0.1, 0.15) is 5.75 Å². The summed E-state index contributed by atoms with van der Waals surface area (Å²) in [5.41, 5.74) is -0.635. The molecule has 3 N–H and O–H groups in total. The lowest BCUT2D eigenvalue weighted by Gasteiger charge is -2.19. The van der Waals surface area contributed by atoms with Crippen molar-refractivity contribution in [2.45, 2.75) is 25.4 Å². The van der Waals surface area contributed by atoms with Crippen LogP contribution in [0.15, 0.2) is 35.3 Å². The van der Waals surface area contributed by atoms with Crippen molar-refractivity contribution in [2.75, 3.05) is 37.7 Å². The molecule has 1 aromatic carbocycles. The van der Waals surface area contributed by atoms with Gasteiger partial charge in [0.15, 0.2) is 5.96 Å². The van der Waals surface area contributed by atoms with Gasteiger partial charge in [-0.2, -0.15) is 11.8 Å². The summed E-state index contributed by atoms with van der Waals surface area (Å²) in [6.45, 7) is 4.74. The zero-order valence-electron chi connectivity index (χ0n) is 13.8. The van der Waals surface area contributed by atoms with Crippen LogP contribution in [0.2, 0.25) is 0 Å². The maximum absolute atomic E-state index is 10.3. The van der Waals surface area contributed by atoms with Crippen molar-refractivity contribution in [3.05, 3.63) is 30.3 Å². The molecule has 1 aliphatic heterocycles. The number of nitrogens with zero attached hydrogens (tertiary/aromatic N) is 1. The number of ether oxygens (including phenoxy) is 1. The van der Waals surface area contributed by atoms with E-state index in [0.717, 1.165) is 49.1 Å². The molecule has 0 spiro atoms. The molecule has 1 heterocycles. The van der Waals surface area contributed by atoms with Crippen molar-refractivity contribution >= 4 is 17.7 Å². The van der Waals surface area contributed by atoms with Crippen LogP contribution in [-0.2, 0) is 0 Å². The minimum atomic E-state index is -0.635. The van der Waals surface area contributed by atoms with Crippen molar-refractivity contribution < 1.29 is 9.84 Å². The van der Waals surface area contributed by atoms with E-state index in [1.807, 2.05) is 37.3 Å². The first-order valence-electron chi connectivity index (χ1n) is 8.22. The van der Waals surface area contributed by atoms with Crippen LogP contribution in [0.1, 0.15) is 19.8 Å². The van der Waals surface area contributed by atoms with Crippen LogP contribution >= 0.6 is 11.8 Å². The van der Waals surface area contributed by atoms with Gasteiger partial charge in [-0.3, -0.25) is 4.99 Å². The Morgan fingerprint density at radius 1 is 1.35 bits per heavy atom. The Morgan fingerprint density at radius 2 is 2.17 bits per heavy atom. The number of hydrogen-bond donors (Lipinski definition) is 3. The number of hydrogen-bond acceptors (Lipinski definition) is 4. The number of nitrogens with one attached hydrogen (secondary N) is 2. The monoisotopic (exact) mass is 337 g/mol. The summed E-state index contributed by atoms with van der Waals surface area (Å²) in [7, 11) is 0. The second-order valence-corrected chi connectivity index (χ2v) is 6.77. The number of rotatable bonds is 8. The Balaban J connectivity index is 1.67. The van der Waals surface area contributed by atoms with Crippen molar-refractivity contribution in [3.8, 4) is 5.75 Å². The average molecular weight is 337 g/mol. The van der Waals surface area contributed by atoms with E-state index in [0.29, 0.717) is 13.2 Å². The summed E-state index contributed by atoms with van der Waals surface area (Å²) in [6, 6.07) is 9.83. The fraction of sp³-hybridized carbons (Fsp3) is 0.588. The quantitative estimate of drug-likeness (QED) is 0.384. The van der Waals surface area contributed by atoms with Crippen LogP contribution in [-0.4, -0.2) is 54.4 Å². The average Bonchev–Trinajstić information content (AvgIpc) is 3.00. The molecule has 5 nitrogen and oxygen atoms in total. The van der Waals surface area contributed by atoms with Gasteiger partial charge in [-0.1, -0.05) is 18.2 Å². The highest BCUT2D eigenvalue weighted by Crippen LogP contribution is 2.27. The second-order valence-electron chi connectivity index (χ2n) is 5.66. The normalized spacial score (nSPS) is 21.2. The van der Waals surface area contributed by atoms with Crippen LogP contribution in [0.3, 0.4) is 0 Å². The molecular weight excluding hydrogens is 310 g/mol. The van der Waals surface area contributed by atoms with E-state index in [1.165, 1.54) is 0 Å². The van der Waals surface area contributed by atoms with Gasteiger partial charge in [0.25, 0.3) is 0 Å². The molecule has 1 unspecified atom stereocenters. The molecule has 0 aromatic heterocycles. The van der Waals surface area contributed by atoms with Gasteiger partial charge in [0.05, 0.1) is 18.8 Å². The van der Waals surface area contributed by atoms with Gasteiger partial charge in [0.2, 0.25) is 0 Å². The zero-order valence-corrected chi connectivity index (χ0v) is 14.6. The van der Waals surface area contributed by atoms with Crippen LogP contribution in [0.5, 0.6) is 5.75 Å². The summed E-state index contributed by atoms with van der Waals surface area (Å²) in [5, 5.41) is 16.8. The van der Waals surface area contributed by atoms with E-state index in [4.69, 9.17) is 4.74 Å². The van der Waals surface area contributed by atoms with Crippen molar-refractivity contribution in [2.24, 2.45) is 4.99 Å².